The van der Waals surface area contributed by atoms with Crippen LogP contribution < -0.4 is 10.9 Å². The Kier molecular flexibility index (Phi) is 5.58. The molecule has 1 N–H and O–H groups in total. The molecule has 0 spiro atoms. The largest absolute Gasteiger partial charge is 0.350 e. The number of thiazole rings is 1. The van der Waals surface area contributed by atoms with Crippen LogP contribution >= 0.6 is 27.3 Å². The van der Waals surface area contributed by atoms with Gasteiger partial charge in [0.25, 0.3) is 11.5 Å². The molecule has 0 atom stereocenters. The van der Waals surface area contributed by atoms with E-state index >= 15 is 0 Å². The van der Waals surface area contributed by atoms with Crippen molar-refractivity contribution in [1.29, 1.82) is 0 Å². The molecule has 7 nitrogen and oxygen atoms in total. The fourth-order valence-electron chi connectivity index (χ4n) is 2.41. The maximum atomic E-state index is 12.1. The van der Waals surface area contributed by atoms with Crippen molar-refractivity contribution >= 4 is 33.2 Å². The summed E-state index contributed by atoms with van der Waals surface area (Å²) in [5.74, 6) is -0.253. The van der Waals surface area contributed by atoms with E-state index in [1.165, 1.54) is 28.3 Å². The summed E-state index contributed by atoms with van der Waals surface area (Å²) in [6.45, 7) is 4.41. The third kappa shape index (κ3) is 4.23. The SMILES string of the molecule is Cc1nc(C)c(-c2ccc(=O)n(CCNC(=O)c3cncc(Br)c3)n2)s1. The van der Waals surface area contributed by atoms with Crippen LogP contribution in [0.3, 0.4) is 0 Å². The topological polar surface area (TPSA) is 89.8 Å². The van der Waals surface area contributed by atoms with Crippen molar-refractivity contribution < 1.29 is 4.79 Å². The van der Waals surface area contributed by atoms with E-state index < -0.39 is 0 Å². The van der Waals surface area contributed by atoms with Gasteiger partial charge in [0.05, 0.1) is 27.7 Å². The van der Waals surface area contributed by atoms with E-state index in [2.05, 4.69) is 36.3 Å². The molecule has 0 aliphatic heterocycles. The number of pyridine rings is 1. The lowest BCUT2D eigenvalue weighted by Gasteiger charge is -2.08. The number of nitrogens with zero attached hydrogens (tertiary/aromatic N) is 4. The summed E-state index contributed by atoms with van der Waals surface area (Å²) in [5.41, 5.74) is 1.83. The Bertz CT molecular complexity index is 1010. The van der Waals surface area contributed by atoms with Gasteiger partial charge in [-0.3, -0.25) is 14.6 Å². The molecule has 0 aromatic carbocycles. The quantitative estimate of drug-likeness (QED) is 0.667. The van der Waals surface area contributed by atoms with Crippen molar-refractivity contribution in [2.24, 2.45) is 0 Å². The zero-order valence-electron chi connectivity index (χ0n) is 14.2. The number of hydrogen-bond donors (Lipinski definition) is 1. The number of carbonyl (C=O) groups is 1. The van der Waals surface area contributed by atoms with E-state index in [4.69, 9.17) is 0 Å². The maximum Gasteiger partial charge on any atom is 0.266 e. The molecule has 3 rings (SSSR count). The Morgan fingerprint density at radius 1 is 1.31 bits per heavy atom. The average Bonchev–Trinajstić information content (AvgIpc) is 2.95. The third-order valence-electron chi connectivity index (χ3n) is 3.58. The predicted molar refractivity (Wildman–Crippen MR) is 103 cm³/mol. The minimum Gasteiger partial charge on any atom is -0.350 e. The molecule has 0 radical (unpaired) electrons. The molecule has 0 fully saturated rings. The standard InChI is InChI=1S/C17H16BrN5O2S/c1-10-16(26-11(2)21-10)14-3-4-15(24)23(22-14)6-5-20-17(25)12-7-13(18)9-19-8-12/h3-4,7-9H,5-6H2,1-2H3,(H,20,25). The van der Waals surface area contributed by atoms with Crippen LogP contribution in [0.5, 0.6) is 0 Å². The minimum absolute atomic E-state index is 0.217. The van der Waals surface area contributed by atoms with Crippen molar-refractivity contribution in [3.8, 4) is 10.6 Å². The fourth-order valence-corrected chi connectivity index (χ4v) is 3.66. The third-order valence-corrected chi connectivity index (χ3v) is 5.11. The van der Waals surface area contributed by atoms with Crippen LogP contribution in [0.4, 0.5) is 0 Å². The van der Waals surface area contributed by atoms with E-state index in [0.717, 1.165) is 20.1 Å². The van der Waals surface area contributed by atoms with E-state index in [-0.39, 0.29) is 24.6 Å². The number of carbonyl (C=O) groups excluding carboxylic acids is 1. The Morgan fingerprint density at radius 2 is 2.12 bits per heavy atom. The fraction of sp³-hybridized carbons (Fsp3) is 0.235. The minimum atomic E-state index is -0.253. The molecule has 9 heteroatoms. The van der Waals surface area contributed by atoms with E-state index in [0.29, 0.717) is 11.3 Å². The summed E-state index contributed by atoms with van der Waals surface area (Å²) in [6, 6.07) is 4.86. The molecule has 3 aromatic heterocycles. The normalized spacial score (nSPS) is 10.7. The van der Waals surface area contributed by atoms with Crippen LogP contribution in [-0.4, -0.2) is 32.2 Å². The molecule has 26 heavy (non-hydrogen) atoms. The first-order valence-corrected chi connectivity index (χ1v) is 9.46. The molecule has 0 saturated carbocycles. The summed E-state index contributed by atoms with van der Waals surface area (Å²) >= 11 is 4.82. The first-order valence-electron chi connectivity index (χ1n) is 7.85. The lowest BCUT2D eigenvalue weighted by atomic mass is 10.3. The predicted octanol–water partition coefficient (Wildman–Crippen LogP) is 2.57. The number of amides is 1. The van der Waals surface area contributed by atoms with Crippen LogP contribution in [-0.2, 0) is 6.54 Å². The highest BCUT2D eigenvalue weighted by atomic mass is 79.9. The molecular formula is C17H16BrN5O2S. The molecule has 0 saturated heterocycles. The second kappa shape index (κ2) is 7.88. The van der Waals surface area contributed by atoms with Gasteiger partial charge in [0.2, 0.25) is 0 Å². The van der Waals surface area contributed by atoms with Gasteiger partial charge < -0.3 is 5.32 Å². The van der Waals surface area contributed by atoms with Gasteiger partial charge in [-0.25, -0.2) is 9.67 Å². The summed E-state index contributed by atoms with van der Waals surface area (Å²) in [5, 5.41) is 8.12. The van der Waals surface area contributed by atoms with Crippen LogP contribution in [0.1, 0.15) is 21.1 Å². The first kappa shape index (κ1) is 18.4. The summed E-state index contributed by atoms with van der Waals surface area (Å²) < 4.78 is 2.08. The second-order valence-electron chi connectivity index (χ2n) is 5.58. The van der Waals surface area contributed by atoms with Crippen LogP contribution in [0, 0.1) is 13.8 Å². The van der Waals surface area contributed by atoms with Crippen molar-refractivity contribution in [3.05, 3.63) is 61.7 Å². The highest BCUT2D eigenvalue weighted by Gasteiger charge is 2.11. The molecule has 0 aliphatic rings. The van der Waals surface area contributed by atoms with Crippen molar-refractivity contribution in [2.75, 3.05) is 6.54 Å². The summed E-state index contributed by atoms with van der Waals surface area (Å²) in [6.07, 6.45) is 3.09. The monoisotopic (exact) mass is 433 g/mol. The van der Waals surface area contributed by atoms with Gasteiger partial charge in [-0.2, -0.15) is 5.10 Å². The Labute approximate surface area is 162 Å². The van der Waals surface area contributed by atoms with E-state index in [9.17, 15) is 9.59 Å². The van der Waals surface area contributed by atoms with Crippen LogP contribution in [0.25, 0.3) is 10.6 Å². The van der Waals surface area contributed by atoms with Gasteiger partial charge in [-0.05, 0) is 41.9 Å². The van der Waals surface area contributed by atoms with Gasteiger partial charge >= 0.3 is 0 Å². The smallest absolute Gasteiger partial charge is 0.266 e. The van der Waals surface area contributed by atoms with Crippen LogP contribution in [0.2, 0.25) is 0 Å². The lowest BCUT2D eigenvalue weighted by Crippen LogP contribution is -2.32. The van der Waals surface area contributed by atoms with Crippen molar-refractivity contribution in [3.63, 3.8) is 0 Å². The number of aryl methyl sites for hydroxylation is 2. The molecule has 3 heterocycles. The van der Waals surface area contributed by atoms with Gasteiger partial charge in [0.1, 0.15) is 5.69 Å². The Morgan fingerprint density at radius 3 is 2.81 bits per heavy atom. The molecule has 0 bridgehead atoms. The van der Waals surface area contributed by atoms with E-state index in [1.807, 2.05) is 13.8 Å². The molecular weight excluding hydrogens is 418 g/mol. The number of halogens is 1. The molecule has 134 valence electrons. The summed E-state index contributed by atoms with van der Waals surface area (Å²) in [4.78, 5) is 33.5. The molecule has 1 amide bonds. The van der Waals surface area contributed by atoms with Crippen molar-refractivity contribution in [1.82, 2.24) is 25.1 Å². The Balaban J connectivity index is 1.70. The van der Waals surface area contributed by atoms with Gasteiger partial charge in [-0.1, -0.05) is 0 Å². The molecule has 3 aromatic rings. The molecule has 0 aliphatic carbocycles. The van der Waals surface area contributed by atoms with Gasteiger partial charge in [0, 0.05) is 29.5 Å². The highest BCUT2D eigenvalue weighted by molar-refractivity contribution is 9.10. The number of aromatic nitrogens is 4. The number of rotatable bonds is 5. The average molecular weight is 434 g/mol. The van der Waals surface area contributed by atoms with Crippen LogP contribution in [0.15, 0.2) is 39.9 Å². The lowest BCUT2D eigenvalue weighted by molar-refractivity contribution is 0.0951. The second-order valence-corrected chi connectivity index (χ2v) is 7.69. The zero-order valence-corrected chi connectivity index (χ0v) is 16.6. The van der Waals surface area contributed by atoms with Gasteiger partial charge in [0.15, 0.2) is 0 Å². The number of hydrogen-bond acceptors (Lipinski definition) is 6. The summed E-state index contributed by atoms with van der Waals surface area (Å²) in [7, 11) is 0. The number of nitrogens with one attached hydrogen (secondary N) is 1. The van der Waals surface area contributed by atoms with E-state index in [1.54, 1.807) is 18.3 Å². The maximum absolute atomic E-state index is 12.1. The van der Waals surface area contributed by atoms with Gasteiger partial charge in [-0.15, -0.1) is 11.3 Å². The van der Waals surface area contributed by atoms with Crippen molar-refractivity contribution in [2.45, 2.75) is 20.4 Å². The highest BCUT2D eigenvalue weighted by Crippen LogP contribution is 2.27. The zero-order chi connectivity index (χ0) is 18.7. The molecule has 0 unspecified atom stereocenters. The Hall–Kier alpha value is -2.39. The first-order chi connectivity index (χ1) is 12.4.